The van der Waals surface area contributed by atoms with Gasteiger partial charge in [0, 0.05) is 12.5 Å². The fourth-order valence-corrected chi connectivity index (χ4v) is 3.55. The average molecular weight is 263 g/mol. The van der Waals surface area contributed by atoms with E-state index in [1.807, 2.05) is 0 Å². The summed E-state index contributed by atoms with van der Waals surface area (Å²) in [6.07, 6.45) is 18.6. The van der Waals surface area contributed by atoms with Gasteiger partial charge in [-0.1, -0.05) is 39.5 Å². The van der Waals surface area contributed by atoms with Gasteiger partial charge in [-0.15, -0.1) is 12.3 Å². The summed E-state index contributed by atoms with van der Waals surface area (Å²) < 4.78 is 0. The molecule has 0 amide bonds. The summed E-state index contributed by atoms with van der Waals surface area (Å²) in [6, 6.07) is 0.718. The molecule has 1 N–H and O–H groups in total. The third-order valence-electron chi connectivity index (χ3n) is 4.65. The van der Waals surface area contributed by atoms with Gasteiger partial charge in [-0.3, -0.25) is 0 Å². The zero-order valence-corrected chi connectivity index (χ0v) is 13.1. The highest BCUT2D eigenvalue weighted by Gasteiger charge is 2.26. The molecule has 1 fully saturated rings. The predicted molar refractivity (Wildman–Crippen MR) is 85.1 cm³/mol. The molecule has 0 bridgehead atoms. The second-order valence-electron chi connectivity index (χ2n) is 6.23. The number of hydrogen-bond donors (Lipinski definition) is 1. The molecule has 1 atom stereocenters. The van der Waals surface area contributed by atoms with E-state index < -0.39 is 0 Å². The lowest BCUT2D eigenvalue weighted by Crippen LogP contribution is -2.38. The maximum absolute atomic E-state index is 5.37. The van der Waals surface area contributed by atoms with E-state index in [4.69, 9.17) is 6.42 Å². The first kappa shape index (κ1) is 16.6. The largest absolute Gasteiger partial charge is 0.314 e. The Morgan fingerprint density at radius 2 is 1.89 bits per heavy atom. The van der Waals surface area contributed by atoms with Crippen molar-refractivity contribution in [1.82, 2.24) is 5.32 Å². The van der Waals surface area contributed by atoms with E-state index in [0.29, 0.717) is 0 Å². The summed E-state index contributed by atoms with van der Waals surface area (Å²) in [5.74, 6) is 4.69. The van der Waals surface area contributed by atoms with Gasteiger partial charge in [-0.2, -0.15) is 0 Å². The smallest absolute Gasteiger partial charge is 0.00956 e. The van der Waals surface area contributed by atoms with Crippen LogP contribution in [0, 0.1) is 24.2 Å². The van der Waals surface area contributed by atoms with Crippen LogP contribution in [0.5, 0.6) is 0 Å². The van der Waals surface area contributed by atoms with Crippen LogP contribution >= 0.6 is 0 Å². The molecule has 0 saturated heterocycles. The highest BCUT2D eigenvalue weighted by Crippen LogP contribution is 2.34. The molecule has 0 aromatic rings. The van der Waals surface area contributed by atoms with Gasteiger partial charge in [-0.25, -0.2) is 0 Å². The highest BCUT2D eigenvalue weighted by molar-refractivity contribution is 4.86. The van der Waals surface area contributed by atoms with Gasteiger partial charge >= 0.3 is 0 Å². The van der Waals surface area contributed by atoms with Crippen LogP contribution in [-0.2, 0) is 0 Å². The Balaban J connectivity index is 2.35. The fraction of sp³-hybridized carbons (Fsp3) is 0.889. The normalized spacial score (nSPS) is 24.9. The quantitative estimate of drug-likeness (QED) is 0.467. The number of unbranched alkanes of at least 4 members (excludes halogenated alkanes) is 1. The molecule has 1 saturated carbocycles. The summed E-state index contributed by atoms with van der Waals surface area (Å²) in [4.78, 5) is 0. The van der Waals surface area contributed by atoms with Crippen LogP contribution in [0.2, 0.25) is 0 Å². The molecule has 1 unspecified atom stereocenters. The molecule has 1 nitrogen and oxygen atoms in total. The van der Waals surface area contributed by atoms with Gasteiger partial charge in [0.25, 0.3) is 0 Å². The zero-order valence-electron chi connectivity index (χ0n) is 13.1. The van der Waals surface area contributed by atoms with E-state index >= 15 is 0 Å². The maximum atomic E-state index is 5.37. The van der Waals surface area contributed by atoms with Gasteiger partial charge < -0.3 is 5.32 Å². The van der Waals surface area contributed by atoms with Gasteiger partial charge in [0.05, 0.1) is 0 Å². The molecule has 1 aliphatic carbocycles. The molecule has 1 heteroatoms. The molecule has 1 rings (SSSR count). The number of terminal acetylenes is 1. The van der Waals surface area contributed by atoms with Crippen LogP contribution in [0.1, 0.15) is 78.1 Å². The van der Waals surface area contributed by atoms with Gasteiger partial charge in [0.15, 0.2) is 0 Å². The molecule has 0 heterocycles. The first-order chi connectivity index (χ1) is 9.31. The molecule has 0 aromatic carbocycles. The molecule has 1 aliphatic rings. The van der Waals surface area contributed by atoms with Crippen LogP contribution < -0.4 is 5.32 Å². The maximum Gasteiger partial charge on any atom is 0.00956 e. The molecule has 110 valence electrons. The second-order valence-corrected chi connectivity index (χ2v) is 6.23. The van der Waals surface area contributed by atoms with E-state index in [0.717, 1.165) is 30.8 Å². The molecule has 19 heavy (non-hydrogen) atoms. The Bertz CT molecular complexity index is 245. The van der Waals surface area contributed by atoms with E-state index in [-0.39, 0.29) is 0 Å². The fourth-order valence-electron chi connectivity index (χ4n) is 3.55. The summed E-state index contributed by atoms with van der Waals surface area (Å²) in [7, 11) is 0. The lowest BCUT2D eigenvalue weighted by atomic mass is 9.76. The van der Waals surface area contributed by atoms with Gasteiger partial charge in [0.2, 0.25) is 0 Å². The average Bonchev–Trinajstić information content (AvgIpc) is 2.44. The lowest BCUT2D eigenvalue weighted by Gasteiger charge is -2.34. The van der Waals surface area contributed by atoms with Gasteiger partial charge in [-0.05, 0) is 50.5 Å². The summed E-state index contributed by atoms with van der Waals surface area (Å²) in [5.41, 5.74) is 0. The molecule has 0 aliphatic heterocycles. The third-order valence-corrected chi connectivity index (χ3v) is 4.65. The first-order valence-electron chi connectivity index (χ1n) is 8.48. The Labute approximate surface area is 120 Å². The Kier molecular flexibility index (Phi) is 9.01. The summed E-state index contributed by atoms with van der Waals surface area (Å²) >= 11 is 0. The Morgan fingerprint density at radius 3 is 2.47 bits per heavy atom. The minimum atomic E-state index is 0.718. The number of rotatable bonds is 9. The first-order valence-corrected chi connectivity index (χ1v) is 8.48. The van der Waals surface area contributed by atoms with Crippen molar-refractivity contribution in [3.63, 3.8) is 0 Å². The van der Waals surface area contributed by atoms with E-state index in [1.165, 1.54) is 57.8 Å². The van der Waals surface area contributed by atoms with Crippen LogP contribution in [0.3, 0.4) is 0 Å². The SMILES string of the molecule is C#CCCCC(NCCC)C1CCC(CCC)CC1. The van der Waals surface area contributed by atoms with Crippen molar-refractivity contribution in [2.45, 2.75) is 84.1 Å². The van der Waals surface area contributed by atoms with Crippen molar-refractivity contribution in [3.05, 3.63) is 0 Å². The van der Waals surface area contributed by atoms with Crippen molar-refractivity contribution in [3.8, 4) is 12.3 Å². The van der Waals surface area contributed by atoms with Crippen LogP contribution in [-0.4, -0.2) is 12.6 Å². The van der Waals surface area contributed by atoms with E-state index in [2.05, 4.69) is 25.1 Å². The monoisotopic (exact) mass is 263 g/mol. The second kappa shape index (κ2) is 10.3. The minimum absolute atomic E-state index is 0.718. The topological polar surface area (TPSA) is 12.0 Å². The molecule has 0 spiro atoms. The lowest BCUT2D eigenvalue weighted by molar-refractivity contribution is 0.206. The highest BCUT2D eigenvalue weighted by atomic mass is 14.9. The van der Waals surface area contributed by atoms with Crippen LogP contribution in [0.25, 0.3) is 0 Å². The van der Waals surface area contributed by atoms with Crippen molar-refractivity contribution in [2.75, 3.05) is 6.54 Å². The molecule has 0 aromatic heterocycles. The van der Waals surface area contributed by atoms with Crippen molar-refractivity contribution in [2.24, 2.45) is 11.8 Å². The van der Waals surface area contributed by atoms with Crippen LogP contribution in [0.15, 0.2) is 0 Å². The van der Waals surface area contributed by atoms with E-state index in [1.54, 1.807) is 0 Å². The van der Waals surface area contributed by atoms with Crippen molar-refractivity contribution in [1.29, 1.82) is 0 Å². The van der Waals surface area contributed by atoms with Crippen molar-refractivity contribution >= 4 is 0 Å². The Morgan fingerprint density at radius 1 is 1.16 bits per heavy atom. The van der Waals surface area contributed by atoms with Gasteiger partial charge in [0.1, 0.15) is 0 Å². The number of hydrogen-bond acceptors (Lipinski definition) is 1. The number of nitrogens with one attached hydrogen (secondary N) is 1. The summed E-state index contributed by atoms with van der Waals surface area (Å²) in [6.45, 7) is 5.73. The standard InChI is InChI=1S/C18H33N/c1-4-7-8-10-18(19-15-6-3)17-13-11-16(9-5-2)12-14-17/h1,16-19H,5-15H2,2-3H3. The Hall–Kier alpha value is -0.480. The molecular formula is C18H33N. The van der Waals surface area contributed by atoms with Crippen molar-refractivity contribution < 1.29 is 0 Å². The van der Waals surface area contributed by atoms with Crippen LogP contribution in [0.4, 0.5) is 0 Å². The zero-order chi connectivity index (χ0) is 13.9. The molecule has 0 radical (unpaired) electrons. The summed E-state index contributed by atoms with van der Waals surface area (Å²) in [5, 5.41) is 3.78. The minimum Gasteiger partial charge on any atom is -0.314 e. The predicted octanol–water partition coefficient (Wildman–Crippen LogP) is 4.76. The third kappa shape index (κ3) is 6.48. The molecular weight excluding hydrogens is 230 g/mol. The van der Waals surface area contributed by atoms with E-state index in [9.17, 15) is 0 Å².